The highest BCUT2D eigenvalue weighted by Gasteiger charge is 2.83. The Labute approximate surface area is 232 Å². The summed E-state index contributed by atoms with van der Waals surface area (Å²) >= 11 is 0. The van der Waals surface area contributed by atoms with Crippen LogP contribution >= 0.6 is 0 Å². The highest BCUT2D eigenvalue weighted by Crippen LogP contribution is 2.54. The minimum atomic E-state index is -7.23. The number of fused-ring (bicyclic) bond motifs is 2. The van der Waals surface area contributed by atoms with Crippen molar-refractivity contribution < 1.29 is 63.7 Å². The van der Waals surface area contributed by atoms with E-state index in [1.54, 1.807) is 30.3 Å². The van der Waals surface area contributed by atoms with Gasteiger partial charge in [0, 0.05) is 12.7 Å². The minimum Gasteiger partial charge on any atom is -0.436 e. The van der Waals surface area contributed by atoms with Crippen LogP contribution in [0.4, 0.5) is 44.3 Å². The molecule has 3 amide bonds. The van der Waals surface area contributed by atoms with E-state index < -0.39 is 66.6 Å². The molecular weight excluding hydrogens is 593 g/mol. The van der Waals surface area contributed by atoms with Crippen molar-refractivity contribution in [3.05, 3.63) is 53.2 Å². The number of carbonyl (C=O) groups is 3. The van der Waals surface area contributed by atoms with Gasteiger partial charge in [-0.05, 0) is 42.5 Å². The van der Waals surface area contributed by atoms with Crippen molar-refractivity contribution in [1.82, 2.24) is 15.5 Å². The lowest BCUT2D eigenvalue weighted by Gasteiger charge is -2.35. The van der Waals surface area contributed by atoms with Crippen molar-refractivity contribution in [3.8, 4) is 0 Å². The average Bonchev–Trinajstić information content (AvgIpc) is 3.00. The maximum atomic E-state index is 13.8. The van der Waals surface area contributed by atoms with Gasteiger partial charge >= 0.3 is 30.0 Å². The maximum Gasteiger partial charge on any atom is 0.460 e. The lowest BCUT2D eigenvalue weighted by Crippen LogP contribution is -2.65. The zero-order chi connectivity index (χ0) is 31.8. The highest BCUT2D eigenvalue weighted by molar-refractivity contribution is 5.96. The first-order valence-corrected chi connectivity index (χ1v) is 12.1. The van der Waals surface area contributed by atoms with Gasteiger partial charge in [-0.3, -0.25) is 9.59 Å². The number of alkyl halides is 9. The van der Waals surface area contributed by atoms with Crippen LogP contribution in [-0.4, -0.2) is 77.7 Å². The third kappa shape index (κ3) is 5.78. The Morgan fingerprint density at radius 1 is 1.07 bits per heavy atom. The number of halogens is 9. The summed E-state index contributed by atoms with van der Waals surface area (Å²) in [5.41, 5.74) is 2.54. The molecule has 0 bridgehead atoms. The Balaban J connectivity index is 1.67. The summed E-state index contributed by atoms with van der Waals surface area (Å²) in [6.07, 6.45) is -9.66. The van der Waals surface area contributed by atoms with E-state index in [1.165, 1.54) is 17.3 Å². The number of aliphatic hydroxyl groups excluding tert-OH is 1. The number of rotatable bonds is 8. The molecule has 3 N–H and O–H groups in total. The van der Waals surface area contributed by atoms with Gasteiger partial charge in [-0.25, -0.2) is 4.79 Å². The van der Waals surface area contributed by atoms with Gasteiger partial charge < -0.3 is 25.4 Å². The van der Waals surface area contributed by atoms with Crippen LogP contribution in [0.3, 0.4) is 0 Å². The van der Waals surface area contributed by atoms with Gasteiger partial charge in [0.1, 0.15) is 12.1 Å². The fourth-order valence-corrected chi connectivity index (χ4v) is 4.27. The molecule has 3 atom stereocenters. The lowest BCUT2D eigenvalue weighted by atomic mass is 9.90. The molecule has 0 spiro atoms. The van der Waals surface area contributed by atoms with Gasteiger partial charge in [0.15, 0.2) is 6.10 Å². The van der Waals surface area contributed by atoms with Crippen molar-refractivity contribution in [2.24, 2.45) is 0 Å². The summed E-state index contributed by atoms with van der Waals surface area (Å²) in [6, 6.07) is 5.42. The molecule has 1 unspecified atom stereocenters. The second-order valence-electron chi connectivity index (χ2n) is 9.44. The first-order chi connectivity index (χ1) is 19.3. The highest BCUT2D eigenvalue weighted by atomic mass is 19.4. The van der Waals surface area contributed by atoms with Crippen LogP contribution in [-0.2, 0) is 14.3 Å². The van der Waals surface area contributed by atoms with Gasteiger partial charge in [0.05, 0.1) is 6.54 Å². The van der Waals surface area contributed by atoms with Crippen LogP contribution in [0, 0.1) is 0 Å². The summed E-state index contributed by atoms with van der Waals surface area (Å²) in [4.78, 5) is 39.3. The molecule has 0 saturated heterocycles. The standard InChI is InChI=1S/C25H24F9N3O5/c1-12(42-21(41)35-11-17(38)22(26,27)23(28,29)24(30,31)25(32,33)34)19(39)36-18-15-9-4-3-7-13(15)14-8-5-6-10-16(14)37(2)20(18)40/h3-4,6-7,9-10,12,17-18,38H,5,8,11H2,1-2H3,(H,35,41)(H,36,39)/t12-,17?,18-/m0/s1. The van der Waals surface area contributed by atoms with Crippen molar-refractivity contribution in [2.75, 3.05) is 13.6 Å². The van der Waals surface area contributed by atoms with E-state index in [0.29, 0.717) is 29.7 Å². The van der Waals surface area contributed by atoms with E-state index >= 15 is 0 Å². The number of allylic oxidation sites excluding steroid dienone is 3. The molecule has 2 aliphatic rings. The van der Waals surface area contributed by atoms with Crippen LogP contribution in [0.25, 0.3) is 5.57 Å². The SMILES string of the molecule is C[C@H](OC(=O)NCC(O)C(F)(F)C(F)(F)C(F)(F)C(F)(F)F)C(=O)N[C@@H]1C(=O)N(C)C2=C(CCC=C2)c2ccccc21. The number of hydrogen-bond donors (Lipinski definition) is 3. The topological polar surface area (TPSA) is 108 Å². The van der Waals surface area contributed by atoms with E-state index in [9.17, 15) is 59.0 Å². The van der Waals surface area contributed by atoms with Crippen molar-refractivity contribution in [2.45, 2.75) is 62.0 Å². The molecule has 8 nitrogen and oxygen atoms in total. The quantitative estimate of drug-likeness (QED) is 0.377. The van der Waals surface area contributed by atoms with Gasteiger partial charge in [0.25, 0.3) is 11.8 Å². The molecule has 1 aliphatic carbocycles. The second kappa shape index (κ2) is 11.5. The van der Waals surface area contributed by atoms with Crippen molar-refractivity contribution in [3.63, 3.8) is 0 Å². The predicted octanol–water partition coefficient (Wildman–Crippen LogP) is 4.32. The Bertz CT molecular complexity index is 1300. The molecule has 3 rings (SSSR count). The van der Waals surface area contributed by atoms with Crippen LogP contribution < -0.4 is 10.6 Å². The molecule has 0 fully saturated rings. The van der Waals surface area contributed by atoms with Crippen LogP contribution in [0.15, 0.2) is 42.1 Å². The lowest BCUT2D eigenvalue weighted by molar-refractivity contribution is -0.405. The third-order valence-corrected chi connectivity index (χ3v) is 6.65. The van der Waals surface area contributed by atoms with Gasteiger partial charge in [-0.15, -0.1) is 0 Å². The number of benzene rings is 1. The normalized spacial score (nSPS) is 19.4. The smallest absolute Gasteiger partial charge is 0.436 e. The average molecular weight is 617 g/mol. The minimum absolute atomic E-state index is 0.418. The second-order valence-corrected chi connectivity index (χ2v) is 9.44. The molecule has 42 heavy (non-hydrogen) atoms. The van der Waals surface area contributed by atoms with Crippen LogP contribution in [0.2, 0.25) is 0 Å². The third-order valence-electron chi connectivity index (χ3n) is 6.65. The summed E-state index contributed by atoms with van der Waals surface area (Å²) in [6.45, 7) is -0.992. The Kier molecular flexibility index (Phi) is 8.96. The van der Waals surface area contributed by atoms with Crippen molar-refractivity contribution >= 4 is 23.5 Å². The number of alkyl carbamates (subject to hydrolysis) is 1. The summed E-state index contributed by atoms with van der Waals surface area (Å²) in [5, 5.41) is 13.0. The Morgan fingerprint density at radius 2 is 1.69 bits per heavy atom. The summed E-state index contributed by atoms with van der Waals surface area (Å²) in [7, 11) is 1.49. The number of nitrogens with zero attached hydrogens (tertiary/aromatic N) is 1. The summed E-state index contributed by atoms with van der Waals surface area (Å²) < 4.78 is 122. The molecule has 17 heteroatoms. The largest absolute Gasteiger partial charge is 0.460 e. The Morgan fingerprint density at radius 3 is 2.31 bits per heavy atom. The van der Waals surface area contributed by atoms with E-state index in [0.717, 1.165) is 12.5 Å². The zero-order valence-electron chi connectivity index (χ0n) is 21.7. The first-order valence-electron chi connectivity index (χ1n) is 12.1. The molecule has 1 aromatic rings. The number of nitrogens with one attached hydrogen (secondary N) is 2. The van der Waals surface area contributed by atoms with E-state index in [1.807, 2.05) is 6.08 Å². The molecule has 0 saturated carbocycles. The fourth-order valence-electron chi connectivity index (χ4n) is 4.27. The maximum absolute atomic E-state index is 13.8. The number of amides is 3. The Hall–Kier alpha value is -3.76. The zero-order valence-corrected chi connectivity index (χ0v) is 21.7. The molecule has 1 aromatic carbocycles. The molecule has 1 aliphatic heterocycles. The van der Waals surface area contributed by atoms with Gasteiger partial charge in [-0.1, -0.05) is 30.3 Å². The van der Waals surface area contributed by atoms with Crippen LogP contribution in [0.5, 0.6) is 0 Å². The first kappa shape index (κ1) is 32.8. The van der Waals surface area contributed by atoms with Gasteiger partial charge in [0.2, 0.25) is 0 Å². The molecule has 0 aromatic heterocycles. The van der Waals surface area contributed by atoms with E-state index in [4.69, 9.17) is 0 Å². The molecule has 0 radical (unpaired) electrons. The number of aliphatic hydroxyl groups is 1. The summed E-state index contributed by atoms with van der Waals surface area (Å²) in [5.74, 6) is -22.3. The number of carbonyl (C=O) groups excluding carboxylic acids is 3. The monoisotopic (exact) mass is 617 g/mol. The number of likely N-dealkylation sites (N-methyl/N-ethyl adjacent to an activating group) is 1. The van der Waals surface area contributed by atoms with E-state index in [2.05, 4.69) is 10.1 Å². The number of hydrogen-bond acceptors (Lipinski definition) is 5. The molecular formula is C25H24F9N3O5. The molecule has 232 valence electrons. The van der Waals surface area contributed by atoms with Crippen molar-refractivity contribution in [1.29, 1.82) is 0 Å². The number of ether oxygens (including phenoxy) is 1. The van der Waals surface area contributed by atoms with E-state index in [-0.39, 0.29) is 0 Å². The fraction of sp³-hybridized carbons (Fsp3) is 0.480. The van der Waals surface area contributed by atoms with Crippen LogP contribution in [0.1, 0.15) is 36.9 Å². The molecule has 1 heterocycles. The predicted molar refractivity (Wildman–Crippen MR) is 126 cm³/mol. The van der Waals surface area contributed by atoms with Gasteiger partial charge in [-0.2, -0.15) is 39.5 Å².